The van der Waals surface area contributed by atoms with Gasteiger partial charge >= 0.3 is 0 Å². The van der Waals surface area contributed by atoms with Crippen LogP contribution in [0.15, 0.2) is 51.8 Å². The molecule has 21 heavy (non-hydrogen) atoms. The lowest BCUT2D eigenvalue weighted by Gasteiger charge is -2.01. The van der Waals surface area contributed by atoms with E-state index in [1.54, 1.807) is 6.26 Å². The molecule has 0 radical (unpaired) electrons. The smallest absolute Gasteiger partial charge is 0.232 e. The van der Waals surface area contributed by atoms with E-state index in [9.17, 15) is 0 Å². The van der Waals surface area contributed by atoms with E-state index in [2.05, 4.69) is 9.97 Å². The van der Waals surface area contributed by atoms with Gasteiger partial charge < -0.3 is 14.6 Å². The van der Waals surface area contributed by atoms with Gasteiger partial charge in [0, 0.05) is 5.56 Å². The highest BCUT2D eigenvalue weighted by Gasteiger charge is 2.22. The number of fused-ring (bicyclic) bond motifs is 1. The number of aromatic nitrogens is 2. The third kappa shape index (κ3) is 2.23. The SMILES string of the molecule is C/C=C\C=C(/C)c1c(-c2ccco2)oc2ncnc(N)c12. The first-order chi connectivity index (χ1) is 10.2. The van der Waals surface area contributed by atoms with Crippen molar-refractivity contribution in [3.05, 3.63) is 48.5 Å². The maximum absolute atomic E-state index is 6.00. The predicted octanol–water partition coefficient (Wildman–Crippen LogP) is 4.04. The molecule has 3 aromatic heterocycles. The zero-order valence-corrected chi connectivity index (χ0v) is 11.8. The molecule has 0 bridgehead atoms. The van der Waals surface area contributed by atoms with E-state index in [1.165, 1.54) is 6.33 Å². The first-order valence-corrected chi connectivity index (χ1v) is 6.59. The second-order valence-corrected chi connectivity index (χ2v) is 4.60. The molecule has 5 heteroatoms. The van der Waals surface area contributed by atoms with Gasteiger partial charge in [-0.15, -0.1) is 0 Å². The molecule has 0 aliphatic carbocycles. The second-order valence-electron chi connectivity index (χ2n) is 4.60. The van der Waals surface area contributed by atoms with Crippen molar-refractivity contribution in [1.29, 1.82) is 0 Å². The summed E-state index contributed by atoms with van der Waals surface area (Å²) in [5.41, 5.74) is 8.32. The van der Waals surface area contributed by atoms with E-state index in [-0.39, 0.29) is 0 Å². The molecule has 0 unspecified atom stereocenters. The van der Waals surface area contributed by atoms with E-state index < -0.39 is 0 Å². The molecule has 2 N–H and O–H groups in total. The molecule has 0 saturated carbocycles. The van der Waals surface area contributed by atoms with Crippen molar-refractivity contribution in [3.8, 4) is 11.5 Å². The van der Waals surface area contributed by atoms with Gasteiger partial charge in [-0.2, -0.15) is 0 Å². The van der Waals surface area contributed by atoms with Crippen molar-refractivity contribution in [1.82, 2.24) is 9.97 Å². The number of anilines is 1. The Hall–Kier alpha value is -2.82. The van der Waals surface area contributed by atoms with Crippen molar-refractivity contribution in [2.24, 2.45) is 0 Å². The lowest BCUT2D eigenvalue weighted by Crippen LogP contribution is -1.93. The molecule has 106 valence electrons. The van der Waals surface area contributed by atoms with Crippen LogP contribution in [0.25, 0.3) is 28.2 Å². The van der Waals surface area contributed by atoms with Crippen LogP contribution in [0.5, 0.6) is 0 Å². The summed E-state index contributed by atoms with van der Waals surface area (Å²) < 4.78 is 11.3. The summed E-state index contributed by atoms with van der Waals surface area (Å²) in [6.07, 6.45) is 8.90. The molecule has 0 amide bonds. The lowest BCUT2D eigenvalue weighted by molar-refractivity contribution is 0.538. The molecule has 0 aliphatic heterocycles. The standard InChI is InChI=1S/C16H15N3O2/c1-3-4-6-10(2)12-13-15(17)18-9-19-16(13)21-14(12)11-7-5-8-20-11/h3-9H,1-2H3,(H2,17,18,19)/b4-3-,10-6+. The van der Waals surface area contributed by atoms with E-state index in [0.717, 1.165) is 11.1 Å². The Labute approximate surface area is 121 Å². The van der Waals surface area contributed by atoms with Crippen molar-refractivity contribution in [3.63, 3.8) is 0 Å². The van der Waals surface area contributed by atoms with E-state index in [4.69, 9.17) is 14.6 Å². The van der Waals surface area contributed by atoms with Crippen molar-refractivity contribution < 1.29 is 8.83 Å². The monoisotopic (exact) mass is 281 g/mol. The van der Waals surface area contributed by atoms with Gasteiger partial charge in [-0.25, -0.2) is 9.97 Å². The molecule has 0 saturated heterocycles. The minimum absolute atomic E-state index is 0.393. The zero-order valence-electron chi connectivity index (χ0n) is 11.8. The molecule has 0 atom stereocenters. The van der Waals surface area contributed by atoms with Crippen LogP contribution < -0.4 is 5.73 Å². The number of hydrogen-bond donors (Lipinski definition) is 1. The molecule has 0 fully saturated rings. The van der Waals surface area contributed by atoms with Gasteiger partial charge in [0.15, 0.2) is 11.5 Å². The highest BCUT2D eigenvalue weighted by molar-refractivity contribution is 6.00. The average Bonchev–Trinajstić information content (AvgIpc) is 3.11. The maximum Gasteiger partial charge on any atom is 0.232 e. The Bertz CT molecular complexity index is 827. The van der Waals surface area contributed by atoms with Crippen LogP contribution in [0.1, 0.15) is 19.4 Å². The zero-order chi connectivity index (χ0) is 14.8. The molecule has 3 rings (SSSR count). The van der Waals surface area contributed by atoms with Gasteiger partial charge in [-0.1, -0.05) is 18.2 Å². The molecule has 3 heterocycles. The van der Waals surface area contributed by atoms with Gasteiger partial charge in [-0.05, 0) is 31.6 Å². The Morgan fingerprint density at radius 3 is 2.90 bits per heavy atom. The number of furan rings is 2. The van der Waals surface area contributed by atoms with Crippen molar-refractivity contribution in [2.75, 3.05) is 5.73 Å². The van der Waals surface area contributed by atoms with Crippen molar-refractivity contribution >= 4 is 22.5 Å². The van der Waals surface area contributed by atoms with Gasteiger partial charge in [0.2, 0.25) is 5.71 Å². The number of nitrogen functional groups attached to an aromatic ring is 1. The molecule has 0 aliphatic rings. The number of nitrogens with zero attached hydrogens (tertiary/aromatic N) is 2. The van der Waals surface area contributed by atoms with Gasteiger partial charge in [0.1, 0.15) is 12.1 Å². The highest BCUT2D eigenvalue weighted by Crippen LogP contribution is 2.39. The normalized spacial score (nSPS) is 12.6. The Morgan fingerprint density at radius 2 is 2.19 bits per heavy atom. The average molecular weight is 281 g/mol. The first kappa shape index (κ1) is 13.2. The summed E-state index contributed by atoms with van der Waals surface area (Å²) in [6, 6.07) is 3.65. The second kappa shape index (κ2) is 5.28. The van der Waals surface area contributed by atoms with Crippen LogP contribution in [0, 0.1) is 0 Å². The summed E-state index contributed by atoms with van der Waals surface area (Å²) >= 11 is 0. The van der Waals surface area contributed by atoms with E-state index >= 15 is 0 Å². The minimum Gasteiger partial charge on any atom is -0.461 e. The summed E-state index contributed by atoms with van der Waals surface area (Å²) in [7, 11) is 0. The molecular formula is C16H15N3O2. The molecule has 0 aromatic carbocycles. The molecule has 5 nitrogen and oxygen atoms in total. The maximum atomic E-state index is 6.00. The van der Waals surface area contributed by atoms with Crippen LogP contribution in [-0.4, -0.2) is 9.97 Å². The van der Waals surface area contributed by atoms with Gasteiger partial charge in [0.05, 0.1) is 11.6 Å². The summed E-state index contributed by atoms with van der Waals surface area (Å²) in [6.45, 7) is 3.95. The number of allylic oxidation sites excluding steroid dienone is 4. The molecule has 0 spiro atoms. The van der Waals surface area contributed by atoms with E-state index in [0.29, 0.717) is 28.4 Å². The molecule has 3 aromatic rings. The number of hydrogen-bond acceptors (Lipinski definition) is 5. The Balaban J connectivity index is 2.35. The van der Waals surface area contributed by atoms with Gasteiger partial charge in [-0.3, -0.25) is 0 Å². The first-order valence-electron chi connectivity index (χ1n) is 6.59. The fourth-order valence-corrected chi connectivity index (χ4v) is 2.24. The predicted molar refractivity (Wildman–Crippen MR) is 82.4 cm³/mol. The Kier molecular flexibility index (Phi) is 3.31. The van der Waals surface area contributed by atoms with Crippen LogP contribution in [-0.2, 0) is 0 Å². The topological polar surface area (TPSA) is 78.1 Å². The quantitative estimate of drug-likeness (QED) is 0.733. The summed E-state index contributed by atoms with van der Waals surface area (Å²) in [5.74, 6) is 1.64. The van der Waals surface area contributed by atoms with Crippen LogP contribution >= 0.6 is 0 Å². The third-order valence-electron chi connectivity index (χ3n) is 3.20. The van der Waals surface area contributed by atoms with Crippen LogP contribution in [0.3, 0.4) is 0 Å². The molecular weight excluding hydrogens is 266 g/mol. The van der Waals surface area contributed by atoms with Gasteiger partial charge in [0.25, 0.3) is 0 Å². The van der Waals surface area contributed by atoms with Crippen LogP contribution in [0.2, 0.25) is 0 Å². The number of rotatable bonds is 3. The number of nitrogens with two attached hydrogens (primary N) is 1. The minimum atomic E-state index is 0.393. The Morgan fingerprint density at radius 1 is 1.33 bits per heavy atom. The summed E-state index contributed by atoms with van der Waals surface area (Å²) in [4.78, 5) is 8.21. The lowest BCUT2D eigenvalue weighted by atomic mass is 10.0. The largest absolute Gasteiger partial charge is 0.461 e. The van der Waals surface area contributed by atoms with E-state index in [1.807, 2.05) is 44.2 Å². The third-order valence-corrected chi connectivity index (χ3v) is 3.20. The fourth-order valence-electron chi connectivity index (χ4n) is 2.24. The fraction of sp³-hybridized carbons (Fsp3) is 0.125. The summed E-state index contributed by atoms with van der Waals surface area (Å²) in [5, 5.41) is 0.710. The van der Waals surface area contributed by atoms with Crippen molar-refractivity contribution in [2.45, 2.75) is 13.8 Å². The van der Waals surface area contributed by atoms with Crippen LogP contribution in [0.4, 0.5) is 5.82 Å². The highest BCUT2D eigenvalue weighted by atomic mass is 16.4.